The van der Waals surface area contributed by atoms with Crippen molar-refractivity contribution in [3.8, 4) is 0 Å². The van der Waals surface area contributed by atoms with Crippen molar-refractivity contribution in [1.29, 1.82) is 0 Å². The Bertz CT molecular complexity index is 471. The highest BCUT2D eigenvalue weighted by molar-refractivity contribution is 5.34. The van der Waals surface area contributed by atoms with Gasteiger partial charge in [0, 0.05) is 0 Å². The smallest absolute Gasteiger partial charge is 0.00431 e. The molecule has 1 heteroatoms. The average molecular weight is 300 g/mol. The van der Waals surface area contributed by atoms with Gasteiger partial charge < -0.3 is 5.32 Å². The van der Waals surface area contributed by atoms with E-state index in [4.69, 9.17) is 0 Å². The zero-order valence-electron chi connectivity index (χ0n) is 14.7. The normalized spacial score (nSPS) is 27.8. The van der Waals surface area contributed by atoms with Gasteiger partial charge in [-0.25, -0.2) is 0 Å². The van der Waals surface area contributed by atoms with Gasteiger partial charge in [-0.1, -0.05) is 45.0 Å². The van der Waals surface area contributed by atoms with Gasteiger partial charge in [0.05, 0.1) is 0 Å². The zero-order valence-corrected chi connectivity index (χ0v) is 14.7. The zero-order chi connectivity index (χ0) is 15.6. The molecule has 1 N–H and O–H groups in total. The Morgan fingerprint density at radius 1 is 0.773 bits per heavy atom. The third kappa shape index (κ3) is 3.56. The van der Waals surface area contributed by atoms with E-state index in [2.05, 4.69) is 50.4 Å². The van der Waals surface area contributed by atoms with Gasteiger partial charge in [0.2, 0.25) is 0 Å². The van der Waals surface area contributed by atoms with Crippen molar-refractivity contribution in [2.24, 2.45) is 11.3 Å². The molecule has 1 nitrogen and oxygen atoms in total. The summed E-state index contributed by atoms with van der Waals surface area (Å²) < 4.78 is 0. The SMILES string of the molecule is CC(C)(C)C1CCC(c2ccccc2C2CCNCC2)CC1. The first-order valence-corrected chi connectivity index (χ1v) is 9.35. The first kappa shape index (κ1) is 16.1. The molecule has 0 spiro atoms. The highest BCUT2D eigenvalue weighted by atomic mass is 14.9. The summed E-state index contributed by atoms with van der Waals surface area (Å²) in [4.78, 5) is 0. The quantitative estimate of drug-likeness (QED) is 0.763. The summed E-state index contributed by atoms with van der Waals surface area (Å²) in [5.74, 6) is 2.51. The van der Waals surface area contributed by atoms with E-state index in [1.54, 1.807) is 11.1 Å². The molecule has 0 radical (unpaired) electrons. The Labute approximate surface area is 136 Å². The summed E-state index contributed by atoms with van der Waals surface area (Å²) in [5.41, 5.74) is 3.84. The van der Waals surface area contributed by atoms with Gasteiger partial charge in [0.25, 0.3) is 0 Å². The van der Waals surface area contributed by atoms with Gasteiger partial charge >= 0.3 is 0 Å². The van der Waals surface area contributed by atoms with Crippen LogP contribution in [0, 0.1) is 11.3 Å². The number of piperidine rings is 1. The standard InChI is InChI=1S/C21H33N/c1-21(2,3)18-10-8-16(9-11-18)19-6-4-5-7-20(19)17-12-14-22-15-13-17/h4-7,16-18,22H,8-15H2,1-3H3. The average Bonchev–Trinajstić information content (AvgIpc) is 2.55. The van der Waals surface area contributed by atoms with Gasteiger partial charge in [-0.2, -0.15) is 0 Å². The molecule has 0 unspecified atom stereocenters. The molecule has 0 amide bonds. The molecule has 1 heterocycles. The largest absolute Gasteiger partial charge is 0.317 e. The van der Waals surface area contributed by atoms with Crippen LogP contribution in [0.5, 0.6) is 0 Å². The molecule has 1 aliphatic heterocycles. The molecule has 122 valence electrons. The fourth-order valence-corrected chi connectivity index (χ4v) is 4.66. The topological polar surface area (TPSA) is 12.0 Å². The molecule has 1 aromatic carbocycles. The van der Waals surface area contributed by atoms with E-state index in [1.807, 2.05) is 0 Å². The molecule has 1 aliphatic carbocycles. The van der Waals surface area contributed by atoms with Crippen LogP contribution in [0.1, 0.15) is 82.3 Å². The summed E-state index contributed by atoms with van der Waals surface area (Å²) in [7, 11) is 0. The molecule has 2 fully saturated rings. The molecule has 1 saturated carbocycles. The fourth-order valence-electron chi connectivity index (χ4n) is 4.66. The van der Waals surface area contributed by atoms with Crippen LogP contribution in [0.25, 0.3) is 0 Å². The summed E-state index contributed by atoms with van der Waals surface area (Å²) in [5, 5.41) is 3.51. The van der Waals surface area contributed by atoms with Crippen LogP contribution in [0.2, 0.25) is 0 Å². The third-order valence-electron chi connectivity index (χ3n) is 6.17. The molecule has 3 rings (SSSR count). The number of hydrogen-bond acceptors (Lipinski definition) is 1. The van der Waals surface area contributed by atoms with Gasteiger partial charge in [-0.05, 0) is 85.9 Å². The van der Waals surface area contributed by atoms with Crippen molar-refractivity contribution < 1.29 is 0 Å². The molecule has 2 aliphatic rings. The molecule has 1 aromatic rings. The van der Waals surface area contributed by atoms with Crippen molar-refractivity contribution in [2.45, 2.75) is 71.1 Å². The minimum absolute atomic E-state index is 0.486. The summed E-state index contributed by atoms with van der Waals surface area (Å²) in [6.45, 7) is 9.63. The van der Waals surface area contributed by atoms with Gasteiger partial charge in [0.1, 0.15) is 0 Å². The predicted molar refractivity (Wildman–Crippen MR) is 95.4 cm³/mol. The molecule has 22 heavy (non-hydrogen) atoms. The summed E-state index contributed by atoms with van der Waals surface area (Å²) in [6.07, 6.45) is 8.24. The van der Waals surface area contributed by atoms with Gasteiger partial charge in [0.15, 0.2) is 0 Å². The van der Waals surface area contributed by atoms with E-state index >= 15 is 0 Å². The van der Waals surface area contributed by atoms with Crippen LogP contribution >= 0.6 is 0 Å². The van der Waals surface area contributed by atoms with Crippen LogP contribution < -0.4 is 5.32 Å². The summed E-state index contributed by atoms with van der Waals surface area (Å²) in [6, 6.07) is 9.36. The highest BCUT2D eigenvalue weighted by Crippen LogP contribution is 2.45. The van der Waals surface area contributed by atoms with E-state index in [-0.39, 0.29) is 0 Å². The Kier molecular flexibility index (Phi) is 4.92. The Morgan fingerprint density at radius 3 is 1.77 bits per heavy atom. The lowest BCUT2D eigenvalue weighted by Gasteiger charge is -2.38. The van der Waals surface area contributed by atoms with Gasteiger partial charge in [-0.3, -0.25) is 0 Å². The lowest BCUT2D eigenvalue weighted by molar-refractivity contribution is 0.168. The van der Waals surface area contributed by atoms with Crippen molar-refractivity contribution in [3.05, 3.63) is 35.4 Å². The Hall–Kier alpha value is -0.820. The number of rotatable bonds is 2. The molecule has 0 bridgehead atoms. The van der Waals surface area contributed by atoms with Crippen molar-refractivity contribution in [3.63, 3.8) is 0 Å². The second-order valence-corrected chi connectivity index (χ2v) is 8.57. The van der Waals surface area contributed by atoms with E-state index < -0.39 is 0 Å². The lowest BCUT2D eigenvalue weighted by atomic mass is 9.67. The van der Waals surface area contributed by atoms with Crippen molar-refractivity contribution in [1.82, 2.24) is 5.32 Å². The van der Waals surface area contributed by atoms with Crippen LogP contribution in [0.3, 0.4) is 0 Å². The first-order valence-electron chi connectivity index (χ1n) is 9.35. The third-order valence-corrected chi connectivity index (χ3v) is 6.17. The maximum absolute atomic E-state index is 3.51. The van der Waals surface area contributed by atoms with Crippen molar-refractivity contribution >= 4 is 0 Å². The second kappa shape index (κ2) is 6.74. The van der Waals surface area contributed by atoms with Crippen molar-refractivity contribution in [2.75, 3.05) is 13.1 Å². The second-order valence-electron chi connectivity index (χ2n) is 8.57. The number of nitrogens with one attached hydrogen (secondary N) is 1. The van der Waals surface area contributed by atoms with Crippen LogP contribution in [0.4, 0.5) is 0 Å². The van der Waals surface area contributed by atoms with Crippen LogP contribution in [-0.4, -0.2) is 13.1 Å². The minimum Gasteiger partial charge on any atom is -0.317 e. The first-order chi connectivity index (χ1) is 10.6. The molecular formula is C21H33N. The predicted octanol–water partition coefficient (Wildman–Crippen LogP) is 5.47. The molecule has 0 atom stereocenters. The minimum atomic E-state index is 0.486. The van der Waals surface area contributed by atoms with Crippen LogP contribution in [0.15, 0.2) is 24.3 Å². The van der Waals surface area contributed by atoms with E-state index in [1.165, 1.54) is 51.6 Å². The molecule has 1 saturated heterocycles. The fraction of sp³-hybridized carbons (Fsp3) is 0.714. The maximum Gasteiger partial charge on any atom is -0.00431 e. The molecule has 0 aromatic heterocycles. The van der Waals surface area contributed by atoms with E-state index in [9.17, 15) is 0 Å². The Balaban J connectivity index is 1.73. The maximum atomic E-state index is 3.51. The van der Waals surface area contributed by atoms with E-state index in [0.717, 1.165) is 17.8 Å². The van der Waals surface area contributed by atoms with Gasteiger partial charge in [-0.15, -0.1) is 0 Å². The highest BCUT2D eigenvalue weighted by Gasteiger charge is 2.31. The Morgan fingerprint density at radius 2 is 1.27 bits per heavy atom. The molecular weight excluding hydrogens is 266 g/mol. The monoisotopic (exact) mass is 299 g/mol. The number of benzene rings is 1. The lowest BCUT2D eigenvalue weighted by Crippen LogP contribution is -2.28. The van der Waals surface area contributed by atoms with E-state index in [0.29, 0.717) is 5.41 Å². The summed E-state index contributed by atoms with van der Waals surface area (Å²) >= 11 is 0. The number of hydrogen-bond donors (Lipinski definition) is 1. The van der Waals surface area contributed by atoms with Crippen LogP contribution in [-0.2, 0) is 0 Å².